The van der Waals surface area contributed by atoms with Crippen molar-refractivity contribution >= 4 is 17.2 Å². The molecule has 3 N–H and O–H groups in total. The lowest BCUT2D eigenvalue weighted by atomic mass is 10.2. The minimum atomic E-state index is -0.527. The van der Waals surface area contributed by atoms with E-state index >= 15 is 0 Å². The number of hydrogen-bond acceptors (Lipinski definition) is 4. The van der Waals surface area contributed by atoms with Crippen LogP contribution in [0.2, 0.25) is 0 Å². The highest BCUT2D eigenvalue weighted by Crippen LogP contribution is 2.18. The Balaban J connectivity index is 2.54. The SMILES string of the molecule is C=CCC(N)C(=O)NC(C)c1ncc(C)s1. The lowest BCUT2D eigenvalue weighted by molar-refractivity contribution is -0.122. The van der Waals surface area contributed by atoms with Gasteiger partial charge in [0.2, 0.25) is 5.91 Å². The average molecular weight is 239 g/mol. The van der Waals surface area contributed by atoms with Crippen LogP contribution in [0.1, 0.15) is 29.3 Å². The molecule has 2 unspecified atom stereocenters. The molecule has 0 radical (unpaired) electrons. The largest absolute Gasteiger partial charge is 0.346 e. The van der Waals surface area contributed by atoms with Gasteiger partial charge in [0.05, 0.1) is 12.1 Å². The van der Waals surface area contributed by atoms with E-state index in [9.17, 15) is 4.79 Å². The van der Waals surface area contributed by atoms with Crippen molar-refractivity contribution in [2.45, 2.75) is 32.4 Å². The molecule has 0 aromatic carbocycles. The smallest absolute Gasteiger partial charge is 0.237 e. The van der Waals surface area contributed by atoms with Gasteiger partial charge in [0.25, 0.3) is 0 Å². The Morgan fingerprint density at radius 3 is 3.00 bits per heavy atom. The van der Waals surface area contributed by atoms with Gasteiger partial charge in [0.1, 0.15) is 5.01 Å². The molecule has 5 heteroatoms. The number of nitrogens with zero attached hydrogens (tertiary/aromatic N) is 1. The molecule has 88 valence electrons. The lowest BCUT2D eigenvalue weighted by Crippen LogP contribution is -2.41. The van der Waals surface area contributed by atoms with Gasteiger partial charge in [-0.25, -0.2) is 4.98 Å². The summed E-state index contributed by atoms with van der Waals surface area (Å²) in [6.07, 6.45) is 3.92. The lowest BCUT2D eigenvalue weighted by Gasteiger charge is -2.14. The second kappa shape index (κ2) is 5.77. The van der Waals surface area contributed by atoms with Crippen LogP contribution in [0.4, 0.5) is 0 Å². The maximum Gasteiger partial charge on any atom is 0.237 e. The normalized spacial score (nSPS) is 14.2. The van der Waals surface area contributed by atoms with Gasteiger partial charge in [-0.15, -0.1) is 17.9 Å². The van der Waals surface area contributed by atoms with Crippen LogP contribution >= 0.6 is 11.3 Å². The van der Waals surface area contributed by atoms with Crippen LogP contribution in [-0.4, -0.2) is 16.9 Å². The first kappa shape index (κ1) is 12.9. The first-order valence-corrected chi connectivity index (χ1v) is 5.95. The average Bonchev–Trinajstić information content (AvgIpc) is 2.65. The molecule has 1 aromatic heterocycles. The third-order valence-corrected chi connectivity index (χ3v) is 3.22. The predicted octanol–water partition coefficient (Wildman–Crippen LogP) is 1.53. The Labute approximate surface area is 99.6 Å². The fourth-order valence-electron chi connectivity index (χ4n) is 1.24. The topological polar surface area (TPSA) is 68.0 Å². The summed E-state index contributed by atoms with van der Waals surface area (Å²) < 4.78 is 0. The summed E-state index contributed by atoms with van der Waals surface area (Å²) in [4.78, 5) is 17.0. The number of thiazole rings is 1. The zero-order valence-corrected chi connectivity index (χ0v) is 10.4. The molecule has 1 amide bonds. The van der Waals surface area contributed by atoms with E-state index in [0.717, 1.165) is 9.88 Å². The van der Waals surface area contributed by atoms with E-state index in [4.69, 9.17) is 5.73 Å². The fraction of sp³-hybridized carbons (Fsp3) is 0.455. The summed E-state index contributed by atoms with van der Waals surface area (Å²) in [5.41, 5.74) is 5.66. The van der Waals surface area contributed by atoms with Gasteiger partial charge in [0, 0.05) is 11.1 Å². The van der Waals surface area contributed by atoms with Crippen molar-refractivity contribution in [2.24, 2.45) is 5.73 Å². The summed E-state index contributed by atoms with van der Waals surface area (Å²) in [5, 5.41) is 3.73. The van der Waals surface area contributed by atoms with E-state index in [1.54, 1.807) is 23.6 Å². The highest BCUT2D eigenvalue weighted by atomic mass is 32.1. The van der Waals surface area contributed by atoms with Gasteiger partial charge < -0.3 is 11.1 Å². The van der Waals surface area contributed by atoms with E-state index in [1.165, 1.54) is 0 Å². The Morgan fingerprint density at radius 2 is 2.50 bits per heavy atom. The van der Waals surface area contributed by atoms with Gasteiger partial charge in [0.15, 0.2) is 0 Å². The number of nitrogens with one attached hydrogen (secondary N) is 1. The molecule has 4 nitrogen and oxygen atoms in total. The molecular weight excluding hydrogens is 222 g/mol. The zero-order chi connectivity index (χ0) is 12.1. The van der Waals surface area contributed by atoms with Crippen molar-refractivity contribution in [3.8, 4) is 0 Å². The summed E-state index contributed by atoms with van der Waals surface area (Å²) in [7, 11) is 0. The number of rotatable bonds is 5. The molecule has 1 heterocycles. The maximum atomic E-state index is 11.6. The van der Waals surface area contributed by atoms with Crippen LogP contribution in [0.5, 0.6) is 0 Å². The number of aryl methyl sites for hydroxylation is 1. The molecule has 0 saturated carbocycles. The van der Waals surface area contributed by atoms with Crippen LogP contribution in [0.25, 0.3) is 0 Å². The molecule has 0 saturated heterocycles. The molecule has 0 spiro atoms. The highest BCUT2D eigenvalue weighted by molar-refractivity contribution is 7.11. The molecule has 0 aliphatic rings. The molecule has 0 bridgehead atoms. The van der Waals surface area contributed by atoms with Gasteiger partial charge in [-0.05, 0) is 20.3 Å². The second-order valence-corrected chi connectivity index (χ2v) is 4.94. The van der Waals surface area contributed by atoms with Crippen molar-refractivity contribution in [1.82, 2.24) is 10.3 Å². The van der Waals surface area contributed by atoms with E-state index in [1.807, 2.05) is 13.8 Å². The van der Waals surface area contributed by atoms with Crippen LogP contribution in [0.3, 0.4) is 0 Å². The first-order chi connectivity index (χ1) is 7.54. The summed E-state index contributed by atoms with van der Waals surface area (Å²) in [6, 6.07) is -0.622. The van der Waals surface area contributed by atoms with Crippen molar-refractivity contribution in [2.75, 3.05) is 0 Å². The van der Waals surface area contributed by atoms with E-state index in [2.05, 4.69) is 16.9 Å². The van der Waals surface area contributed by atoms with E-state index in [-0.39, 0.29) is 11.9 Å². The van der Waals surface area contributed by atoms with E-state index < -0.39 is 6.04 Å². The molecule has 1 rings (SSSR count). The second-order valence-electron chi connectivity index (χ2n) is 3.67. The van der Waals surface area contributed by atoms with Crippen molar-refractivity contribution < 1.29 is 4.79 Å². The Morgan fingerprint density at radius 1 is 1.81 bits per heavy atom. The molecule has 1 aromatic rings. The van der Waals surface area contributed by atoms with Crippen LogP contribution in [-0.2, 0) is 4.79 Å². The van der Waals surface area contributed by atoms with Gasteiger partial charge in [-0.1, -0.05) is 6.08 Å². The molecular formula is C11H17N3OS. The Hall–Kier alpha value is -1.20. The maximum absolute atomic E-state index is 11.6. The van der Waals surface area contributed by atoms with Gasteiger partial charge >= 0.3 is 0 Å². The third kappa shape index (κ3) is 3.43. The summed E-state index contributed by atoms with van der Waals surface area (Å²) >= 11 is 1.58. The van der Waals surface area contributed by atoms with Crippen molar-refractivity contribution in [3.05, 3.63) is 28.7 Å². The molecule has 0 aliphatic carbocycles. The highest BCUT2D eigenvalue weighted by Gasteiger charge is 2.16. The minimum Gasteiger partial charge on any atom is -0.346 e. The number of carbonyl (C=O) groups is 1. The quantitative estimate of drug-likeness (QED) is 0.766. The van der Waals surface area contributed by atoms with Crippen molar-refractivity contribution in [1.29, 1.82) is 0 Å². The monoisotopic (exact) mass is 239 g/mol. The Kier molecular flexibility index (Phi) is 4.64. The Bertz CT molecular complexity index is 375. The number of aromatic nitrogens is 1. The molecule has 0 fully saturated rings. The molecule has 0 aliphatic heterocycles. The standard InChI is InChI=1S/C11H17N3OS/c1-4-5-9(12)10(15)14-8(3)11-13-6-7(2)16-11/h4,6,8-9H,1,5,12H2,2-3H3,(H,14,15). The van der Waals surface area contributed by atoms with Gasteiger partial charge in [-0.3, -0.25) is 4.79 Å². The van der Waals surface area contributed by atoms with Gasteiger partial charge in [-0.2, -0.15) is 0 Å². The summed E-state index contributed by atoms with van der Waals surface area (Å²) in [5.74, 6) is -0.166. The molecule has 16 heavy (non-hydrogen) atoms. The van der Waals surface area contributed by atoms with E-state index in [0.29, 0.717) is 6.42 Å². The van der Waals surface area contributed by atoms with Crippen LogP contribution in [0, 0.1) is 6.92 Å². The minimum absolute atomic E-state index is 0.0953. The third-order valence-electron chi connectivity index (χ3n) is 2.13. The zero-order valence-electron chi connectivity index (χ0n) is 9.56. The fourth-order valence-corrected chi connectivity index (χ4v) is 2.02. The van der Waals surface area contributed by atoms with Crippen LogP contribution < -0.4 is 11.1 Å². The predicted molar refractivity (Wildman–Crippen MR) is 66.2 cm³/mol. The molecule has 2 atom stereocenters. The van der Waals surface area contributed by atoms with Crippen molar-refractivity contribution in [3.63, 3.8) is 0 Å². The first-order valence-electron chi connectivity index (χ1n) is 5.13. The summed E-state index contributed by atoms with van der Waals surface area (Å²) in [6.45, 7) is 7.44. The number of hydrogen-bond donors (Lipinski definition) is 2. The van der Waals surface area contributed by atoms with Crippen LogP contribution in [0.15, 0.2) is 18.9 Å². The number of nitrogens with two attached hydrogens (primary N) is 1. The number of amides is 1. The number of carbonyl (C=O) groups excluding carboxylic acids is 1.